The van der Waals surface area contributed by atoms with E-state index >= 15 is 0 Å². The second kappa shape index (κ2) is 8.39. The van der Waals surface area contributed by atoms with E-state index < -0.39 is 0 Å². The molecule has 0 heterocycles. The Bertz CT molecular complexity index is 281. The molecule has 17 heavy (non-hydrogen) atoms. The summed E-state index contributed by atoms with van der Waals surface area (Å²) in [4.78, 5) is 0. The van der Waals surface area contributed by atoms with Crippen molar-refractivity contribution >= 4 is 35.3 Å². The van der Waals surface area contributed by atoms with Crippen LogP contribution in [0.4, 0.5) is 0 Å². The number of benzene rings is 1. The van der Waals surface area contributed by atoms with Crippen LogP contribution in [0.1, 0.15) is 26.3 Å². The zero-order valence-electron chi connectivity index (χ0n) is 10.9. The fraction of sp³-hybridized carbons (Fsp3) is 0.571. The first-order valence-electron chi connectivity index (χ1n) is 6.22. The van der Waals surface area contributed by atoms with Gasteiger partial charge in [0.25, 0.3) is 0 Å². The van der Waals surface area contributed by atoms with Gasteiger partial charge in [0.15, 0.2) is 0 Å². The highest BCUT2D eigenvalue weighted by molar-refractivity contribution is 8.33. The normalized spacial score (nSPS) is 11.7. The summed E-state index contributed by atoms with van der Waals surface area (Å²) in [6.45, 7) is 6.78. The molecule has 0 amide bonds. The Labute approximate surface area is 119 Å². The van der Waals surface area contributed by atoms with Crippen LogP contribution >= 0.6 is 35.3 Å². The van der Waals surface area contributed by atoms with Gasteiger partial charge in [-0.25, -0.2) is 0 Å². The highest BCUT2D eigenvalue weighted by atomic mass is 32.3. The van der Waals surface area contributed by atoms with Gasteiger partial charge in [-0.1, -0.05) is 51.1 Å². The predicted molar refractivity (Wildman–Crippen MR) is 87.3 cm³/mol. The van der Waals surface area contributed by atoms with E-state index in [1.54, 1.807) is 0 Å². The van der Waals surface area contributed by atoms with Crippen LogP contribution in [0.5, 0.6) is 0 Å². The maximum Gasteiger partial charge on any atom is 0.111 e. The molecule has 0 spiro atoms. The van der Waals surface area contributed by atoms with E-state index in [4.69, 9.17) is 0 Å². The first-order chi connectivity index (χ1) is 8.26. The summed E-state index contributed by atoms with van der Waals surface area (Å²) in [6.07, 6.45) is 1.16. The molecule has 96 valence electrons. The van der Waals surface area contributed by atoms with Crippen LogP contribution in [0.3, 0.4) is 0 Å². The van der Waals surface area contributed by atoms with Crippen molar-refractivity contribution < 1.29 is 0 Å². The summed E-state index contributed by atoms with van der Waals surface area (Å²) in [5.41, 5.74) is 1.45. The number of hydrogen-bond acceptors (Lipinski definition) is 3. The third-order valence-electron chi connectivity index (χ3n) is 2.36. The van der Waals surface area contributed by atoms with Gasteiger partial charge in [0, 0.05) is 6.42 Å². The first-order valence-corrected chi connectivity index (χ1v) is 9.17. The molecular formula is C14H22S3. The third kappa shape index (κ3) is 5.19. The lowest BCUT2D eigenvalue weighted by atomic mass is 10.2. The van der Waals surface area contributed by atoms with Crippen LogP contribution in [-0.4, -0.2) is 20.7 Å². The van der Waals surface area contributed by atoms with E-state index in [1.807, 2.05) is 0 Å². The second-order valence-corrected chi connectivity index (χ2v) is 9.11. The summed E-state index contributed by atoms with van der Waals surface area (Å²) < 4.78 is 0.305. The zero-order valence-corrected chi connectivity index (χ0v) is 13.4. The molecule has 1 aromatic rings. The lowest BCUT2D eigenvalue weighted by Crippen LogP contribution is -2.20. The van der Waals surface area contributed by atoms with Crippen molar-refractivity contribution in [3.05, 3.63) is 35.9 Å². The van der Waals surface area contributed by atoms with E-state index in [9.17, 15) is 0 Å². The van der Waals surface area contributed by atoms with Gasteiger partial charge in [0.05, 0.1) is 0 Å². The molecule has 0 N–H and O–H groups in total. The van der Waals surface area contributed by atoms with Gasteiger partial charge in [-0.2, -0.15) is 0 Å². The molecule has 0 fully saturated rings. The minimum absolute atomic E-state index is 0.305. The van der Waals surface area contributed by atoms with Crippen molar-refractivity contribution in [3.63, 3.8) is 0 Å². The van der Waals surface area contributed by atoms with Crippen molar-refractivity contribution in [2.24, 2.45) is 0 Å². The van der Waals surface area contributed by atoms with Gasteiger partial charge in [0.1, 0.15) is 3.41 Å². The van der Waals surface area contributed by atoms with Crippen molar-refractivity contribution in [2.75, 3.05) is 17.3 Å². The van der Waals surface area contributed by atoms with Gasteiger partial charge >= 0.3 is 0 Å². The average molecular weight is 287 g/mol. The Morgan fingerprint density at radius 1 is 0.824 bits per heavy atom. The van der Waals surface area contributed by atoms with Crippen molar-refractivity contribution in [2.45, 2.75) is 30.6 Å². The molecule has 1 aromatic carbocycles. The van der Waals surface area contributed by atoms with E-state index in [1.165, 1.54) is 22.8 Å². The molecule has 0 radical (unpaired) electrons. The number of thioether (sulfide) groups is 3. The van der Waals surface area contributed by atoms with Crippen LogP contribution in [0.15, 0.2) is 30.3 Å². The minimum Gasteiger partial charge on any atom is -0.133 e. The average Bonchev–Trinajstić information content (AvgIpc) is 2.31. The van der Waals surface area contributed by atoms with Crippen LogP contribution in [0.2, 0.25) is 0 Å². The van der Waals surface area contributed by atoms with Crippen molar-refractivity contribution in [3.8, 4) is 0 Å². The van der Waals surface area contributed by atoms with Crippen LogP contribution in [0.25, 0.3) is 0 Å². The van der Waals surface area contributed by atoms with Crippen LogP contribution in [-0.2, 0) is 6.42 Å². The van der Waals surface area contributed by atoms with E-state index in [0.29, 0.717) is 3.41 Å². The molecule has 0 unspecified atom stereocenters. The summed E-state index contributed by atoms with van der Waals surface area (Å²) in [5, 5.41) is 0. The molecule has 0 aliphatic heterocycles. The molecule has 0 aliphatic carbocycles. The van der Waals surface area contributed by atoms with Crippen molar-refractivity contribution in [1.82, 2.24) is 0 Å². The number of hydrogen-bond donors (Lipinski definition) is 0. The van der Waals surface area contributed by atoms with E-state index in [-0.39, 0.29) is 0 Å². The number of rotatable bonds is 8. The molecule has 0 saturated heterocycles. The highest BCUT2D eigenvalue weighted by Crippen LogP contribution is 2.49. The fourth-order valence-electron chi connectivity index (χ4n) is 1.78. The molecule has 0 aliphatic rings. The molecule has 3 heteroatoms. The molecule has 0 atom stereocenters. The molecule has 0 bridgehead atoms. The van der Waals surface area contributed by atoms with Gasteiger partial charge < -0.3 is 0 Å². The summed E-state index contributed by atoms with van der Waals surface area (Å²) in [5.74, 6) is 3.56. The predicted octanol–water partition coefficient (Wildman–Crippen LogP) is 5.14. The molecular weight excluding hydrogens is 264 g/mol. The Morgan fingerprint density at radius 2 is 1.29 bits per heavy atom. The van der Waals surface area contributed by atoms with Crippen molar-refractivity contribution in [1.29, 1.82) is 0 Å². The van der Waals surface area contributed by atoms with Gasteiger partial charge in [-0.15, -0.1) is 35.3 Å². The second-order valence-electron chi connectivity index (χ2n) is 3.64. The summed E-state index contributed by atoms with van der Waals surface area (Å²) in [6, 6.07) is 10.9. The molecule has 0 saturated carbocycles. The van der Waals surface area contributed by atoms with Crippen LogP contribution < -0.4 is 0 Å². The summed E-state index contributed by atoms with van der Waals surface area (Å²) >= 11 is 6.28. The maximum atomic E-state index is 2.26. The Kier molecular flexibility index (Phi) is 7.56. The Morgan fingerprint density at radius 3 is 1.71 bits per heavy atom. The smallest absolute Gasteiger partial charge is 0.111 e. The fourth-order valence-corrected chi connectivity index (χ4v) is 7.03. The lowest BCUT2D eigenvalue weighted by Gasteiger charge is -2.31. The lowest BCUT2D eigenvalue weighted by molar-refractivity contribution is 1.05. The largest absolute Gasteiger partial charge is 0.133 e. The minimum atomic E-state index is 0.305. The molecule has 0 aromatic heterocycles. The molecule has 0 nitrogen and oxygen atoms in total. The van der Waals surface area contributed by atoms with Gasteiger partial charge in [-0.3, -0.25) is 0 Å². The topological polar surface area (TPSA) is 0 Å². The highest BCUT2D eigenvalue weighted by Gasteiger charge is 2.30. The SMILES string of the molecule is CCSC(Cc1ccccc1)(SCC)SCC. The summed E-state index contributed by atoms with van der Waals surface area (Å²) in [7, 11) is 0. The van der Waals surface area contributed by atoms with E-state index in [2.05, 4.69) is 86.4 Å². The Balaban J connectivity index is 2.80. The monoisotopic (exact) mass is 286 g/mol. The van der Waals surface area contributed by atoms with Gasteiger partial charge in [0.2, 0.25) is 0 Å². The maximum absolute atomic E-state index is 2.26. The Hall–Kier alpha value is 0.270. The standard InChI is InChI=1S/C14H22S3/c1-4-15-14(16-5-2,17-6-3)12-13-10-8-7-9-11-13/h7-11H,4-6,12H2,1-3H3. The zero-order chi connectivity index (χ0) is 12.6. The van der Waals surface area contributed by atoms with Crippen LogP contribution in [0, 0.1) is 0 Å². The first kappa shape index (κ1) is 15.3. The molecule has 1 rings (SSSR count). The van der Waals surface area contributed by atoms with Gasteiger partial charge in [-0.05, 0) is 22.8 Å². The quantitative estimate of drug-likeness (QED) is 0.607. The third-order valence-corrected chi connectivity index (χ3v) is 7.10. The van der Waals surface area contributed by atoms with E-state index in [0.717, 1.165) is 6.42 Å².